The van der Waals surface area contributed by atoms with Gasteiger partial charge in [0.25, 0.3) is 0 Å². The molecule has 4 rings (SSSR count). The van der Waals surface area contributed by atoms with Crippen LogP contribution in [0.2, 0.25) is 0 Å². The average Bonchev–Trinajstić information content (AvgIpc) is 3.92. The van der Waals surface area contributed by atoms with Crippen LogP contribution >= 0.6 is 0 Å². The molecular weight excluding hydrogens is 793 g/mol. The number of carbonyl (C=O) groups is 6. The molecule has 344 valence electrons. The third-order valence-electron chi connectivity index (χ3n) is 10.7. The van der Waals surface area contributed by atoms with E-state index in [1.807, 2.05) is 60.7 Å². The monoisotopic (exact) mass is 863 g/mol. The number of likely N-dealkylation sites (tertiary alicyclic amines) is 2. The van der Waals surface area contributed by atoms with Crippen LogP contribution in [-0.2, 0) is 41.6 Å². The molecule has 0 spiro atoms. The van der Waals surface area contributed by atoms with Crippen LogP contribution in [0.25, 0.3) is 0 Å². The number of nitrogens with zero attached hydrogens (tertiary/aromatic N) is 2. The number of hydrogen-bond donors (Lipinski definition) is 8. The minimum absolute atomic E-state index is 0. The van der Waals surface area contributed by atoms with Gasteiger partial charge in [0.15, 0.2) is 0 Å². The van der Waals surface area contributed by atoms with Crippen molar-refractivity contribution in [3.63, 3.8) is 0 Å². The largest absolute Gasteiger partial charge is 0.480 e. The summed E-state index contributed by atoms with van der Waals surface area (Å²) in [5.41, 5.74) is 13.1. The summed E-state index contributed by atoms with van der Waals surface area (Å²) in [5.74, 6) is -4.75. The summed E-state index contributed by atoms with van der Waals surface area (Å²) in [6.07, 6.45) is 7.53. The highest BCUT2D eigenvalue weighted by Crippen LogP contribution is 2.22. The van der Waals surface area contributed by atoms with E-state index in [-0.39, 0.29) is 30.2 Å². The molecule has 0 aromatic heterocycles. The quantitative estimate of drug-likeness (QED) is 0.0693. The smallest absolute Gasteiger partial charge is 0.326 e. The number of aryl methyl sites for hydroxylation is 2. The number of aliphatic carboxylic acids is 4. The molecule has 2 aromatic carbocycles. The van der Waals surface area contributed by atoms with Crippen molar-refractivity contribution in [1.29, 1.82) is 0 Å². The third kappa shape index (κ3) is 18.7. The Morgan fingerprint density at radius 2 is 0.902 bits per heavy atom. The van der Waals surface area contributed by atoms with Crippen molar-refractivity contribution in [2.75, 3.05) is 26.2 Å². The van der Waals surface area contributed by atoms with Gasteiger partial charge in [0.2, 0.25) is 11.8 Å². The van der Waals surface area contributed by atoms with Gasteiger partial charge in [-0.25, -0.2) is 9.59 Å². The Bertz CT molecular complexity index is 1490. The molecule has 2 fully saturated rings. The summed E-state index contributed by atoms with van der Waals surface area (Å²) in [6.45, 7) is 1.73. The number of unbranched alkanes of at least 4 members (excludes halogenated alkanes) is 2. The SMILES string of the molecule is C.NCCCC[C@H](N[C@@H](CCc1ccccc1)C(=O)O)C(=O)N1CCC[C@H]1C(=O)O.NCCCC[C@H](N[C@@H](CCc1ccccc1)C(=O)O)C(=O)N1CCC[C@H]1C(=O)O.O.O. The maximum atomic E-state index is 13.1. The molecular formula is C43H70N6O12. The van der Waals surface area contributed by atoms with Gasteiger partial charge in [0, 0.05) is 13.1 Å². The van der Waals surface area contributed by atoms with Crippen LogP contribution in [-0.4, -0.2) is 139 Å². The summed E-state index contributed by atoms with van der Waals surface area (Å²) >= 11 is 0. The number of nitrogens with two attached hydrogens (primary N) is 2. The van der Waals surface area contributed by atoms with E-state index in [1.54, 1.807) is 0 Å². The molecule has 18 nitrogen and oxygen atoms in total. The first kappa shape index (κ1) is 56.0. The van der Waals surface area contributed by atoms with Crippen molar-refractivity contribution >= 4 is 35.7 Å². The second-order valence-electron chi connectivity index (χ2n) is 14.9. The highest BCUT2D eigenvalue weighted by molar-refractivity contribution is 5.89. The van der Waals surface area contributed by atoms with Crippen LogP contribution in [0, 0.1) is 0 Å². The van der Waals surface area contributed by atoms with Crippen LogP contribution in [0.15, 0.2) is 60.7 Å². The number of nitrogens with one attached hydrogen (secondary N) is 2. The standard InChI is InChI=1S/2C21H31N3O5.CH4.2H2O/c2*22-13-5-4-9-16(19(25)24-14-6-10-18(24)21(28)29)23-17(20(26)27)12-11-15-7-2-1-3-8-15;;;/h2*1-3,7-8,16-18,23H,4-6,9-14,22H2,(H,26,27)(H,28,29);1H4;2*1H2/t2*16-,17-,18-;;;/m00.../s1. The van der Waals surface area contributed by atoms with E-state index in [9.17, 15) is 49.2 Å². The van der Waals surface area contributed by atoms with E-state index in [0.717, 1.165) is 24.0 Å². The zero-order chi connectivity index (χ0) is 42.5. The van der Waals surface area contributed by atoms with E-state index in [0.29, 0.717) is 103 Å². The highest BCUT2D eigenvalue weighted by atomic mass is 16.4. The molecule has 2 aromatic rings. The first-order chi connectivity index (χ1) is 27.9. The molecule has 6 atom stereocenters. The van der Waals surface area contributed by atoms with Gasteiger partial charge in [-0.15, -0.1) is 0 Å². The number of carboxylic acids is 4. The van der Waals surface area contributed by atoms with Crippen LogP contribution in [0.5, 0.6) is 0 Å². The van der Waals surface area contributed by atoms with Crippen molar-refractivity contribution in [2.45, 2.75) is 134 Å². The Kier molecular flexibility index (Phi) is 27.7. The lowest BCUT2D eigenvalue weighted by atomic mass is 10.0. The van der Waals surface area contributed by atoms with Gasteiger partial charge in [0.1, 0.15) is 24.2 Å². The first-order valence-corrected chi connectivity index (χ1v) is 20.4. The van der Waals surface area contributed by atoms with Gasteiger partial charge in [-0.05, 0) is 101 Å². The fourth-order valence-electron chi connectivity index (χ4n) is 7.47. The van der Waals surface area contributed by atoms with Crippen molar-refractivity contribution < 1.29 is 60.1 Å². The second kappa shape index (κ2) is 30.1. The molecule has 2 heterocycles. The lowest BCUT2D eigenvalue weighted by molar-refractivity contribution is -0.149. The number of carbonyl (C=O) groups excluding carboxylic acids is 2. The summed E-state index contributed by atoms with van der Waals surface area (Å²) in [4.78, 5) is 75.4. The number of carboxylic acid groups (broad SMARTS) is 4. The minimum atomic E-state index is -1.02. The van der Waals surface area contributed by atoms with E-state index in [4.69, 9.17) is 11.5 Å². The van der Waals surface area contributed by atoms with Crippen LogP contribution in [0.3, 0.4) is 0 Å². The molecule has 2 aliphatic rings. The molecule has 18 heteroatoms. The molecule has 0 radical (unpaired) electrons. The zero-order valence-electron chi connectivity index (χ0n) is 34.3. The van der Waals surface area contributed by atoms with Crippen LogP contribution < -0.4 is 22.1 Å². The predicted octanol–water partition coefficient (Wildman–Crippen LogP) is 1.46. The van der Waals surface area contributed by atoms with Gasteiger partial charge in [0.05, 0.1) is 12.1 Å². The molecule has 0 bridgehead atoms. The maximum Gasteiger partial charge on any atom is 0.326 e. The van der Waals surface area contributed by atoms with Crippen molar-refractivity contribution in [3.05, 3.63) is 71.8 Å². The number of hydrogen-bond acceptors (Lipinski definition) is 10. The third-order valence-corrected chi connectivity index (χ3v) is 10.7. The molecule has 2 saturated heterocycles. The molecule has 14 N–H and O–H groups in total. The van der Waals surface area contributed by atoms with E-state index in [2.05, 4.69) is 10.6 Å². The topological polar surface area (TPSA) is 329 Å². The molecule has 0 aliphatic carbocycles. The second-order valence-corrected chi connectivity index (χ2v) is 14.9. The Morgan fingerprint density at radius 3 is 1.20 bits per heavy atom. The summed E-state index contributed by atoms with van der Waals surface area (Å²) in [5, 5.41) is 44.1. The Balaban J connectivity index is 0.00000112. The number of benzene rings is 2. The molecule has 0 unspecified atom stereocenters. The van der Waals surface area contributed by atoms with Gasteiger partial charge in [-0.3, -0.25) is 29.8 Å². The van der Waals surface area contributed by atoms with Crippen molar-refractivity contribution in [2.24, 2.45) is 11.5 Å². The predicted molar refractivity (Wildman–Crippen MR) is 231 cm³/mol. The number of amides is 2. The van der Waals surface area contributed by atoms with E-state index < -0.39 is 60.1 Å². The van der Waals surface area contributed by atoms with Crippen molar-refractivity contribution in [3.8, 4) is 0 Å². The fraction of sp³-hybridized carbons (Fsp3) is 0.581. The fourth-order valence-corrected chi connectivity index (χ4v) is 7.47. The van der Waals surface area contributed by atoms with Crippen LogP contribution in [0.1, 0.15) is 95.6 Å². The highest BCUT2D eigenvalue weighted by Gasteiger charge is 2.39. The summed E-state index contributed by atoms with van der Waals surface area (Å²) < 4.78 is 0. The van der Waals surface area contributed by atoms with Gasteiger partial charge in [-0.2, -0.15) is 0 Å². The Labute approximate surface area is 358 Å². The average molecular weight is 863 g/mol. The van der Waals surface area contributed by atoms with Crippen molar-refractivity contribution in [1.82, 2.24) is 20.4 Å². The molecule has 2 aliphatic heterocycles. The van der Waals surface area contributed by atoms with E-state index in [1.165, 1.54) is 9.80 Å². The summed E-state index contributed by atoms with van der Waals surface area (Å²) in [7, 11) is 0. The van der Waals surface area contributed by atoms with Crippen LogP contribution in [0.4, 0.5) is 0 Å². The Morgan fingerprint density at radius 1 is 0.557 bits per heavy atom. The molecule has 2 amide bonds. The zero-order valence-corrected chi connectivity index (χ0v) is 34.3. The lowest BCUT2D eigenvalue weighted by Gasteiger charge is -2.29. The van der Waals surface area contributed by atoms with Gasteiger partial charge < -0.3 is 52.6 Å². The van der Waals surface area contributed by atoms with E-state index >= 15 is 0 Å². The Hall–Kier alpha value is -4.98. The van der Waals surface area contributed by atoms with Gasteiger partial charge >= 0.3 is 23.9 Å². The molecule has 61 heavy (non-hydrogen) atoms. The number of rotatable bonds is 24. The normalized spacial score (nSPS) is 17.5. The van der Waals surface area contributed by atoms with Gasteiger partial charge in [-0.1, -0.05) is 80.9 Å². The maximum absolute atomic E-state index is 13.1. The first-order valence-electron chi connectivity index (χ1n) is 20.4. The summed E-state index contributed by atoms with van der Waals surface area (Å²) in [6, 6.07) is 14.2. The minimum Gasteiger partial charge on any atom is -0.480 e. The molecule has 0 saturated carbocycles. The lowest BCUT2D eigenvalue weighted by Crippen LogP contribution is -2.54.